The molecule has 3 aromatic rings. The second-order valence-electron chi connectivity index (χ2n) is 7.28. The zero-order chi connectivity index (χ0) is 24.9. The van der Waals surface area contributed by atoms with Crippen molar-refractivity contribution in [2.75, 3.05) is 17.8 Å². The zero-order valence-electron chi connectivity index (χ0n) is 18.6. The van der Waals surface area contributed by atoms with Crippen molar-refractivity contribution in [2.24, 2.45) is 0 Å². The molecule has 3 nitrogen and oxygen atoms in total. The number of amides is 1. The molecule has 0 aliphatic rings. The number of aromatic nitrogens is 1. The first-order valence-electron chi connectivity index (χ1n) is 10.1. The first kappa shape index (κ1) is 26.4. The third kappa shape index (κ3) is 6.70. The fourth-order valence-corrected chi connectivity index (χ4v) is 5.58. The molecule has 180 valence electrons. The summed E-state index contributed by atoms with van der Waals surface area (Å²) in [5.41, 5.74) is 1.85. The van der Waals surface area contributed by atoms with Gasteiger partial charge in [0.25, 0.3) is 0 Å². The lowest BCUT2D eigenvalue weighted by molar-refractivity contribution is -0.137. The summed E-state index contributed by atoms with van der Waals surface area (Å²) in [5.74, 6) is -0.369. The van der Waals surface area contributed by atoms with E-state index >= 15 is 0 Å². The lowest BCUT2D eigenvalue weighted by atomic mass is 10.1. The van der Waals surface area contributed by atoms with Gasteiger partial charge in [0.1, 0.15) is 16.1 Å². The molecule has 0 spiro atoms. The monoisotopic (exact) mass is 526 g/mol. The molecule has 10 heteroatoms. The third-order valence-electron chi connectivity index (χ3n) is 4.85. The van der Waals surface area contributed by atoms with E-state index in [2.05, 4.69) is 10.3 Å². The molecule has 0 saturated carbocycles. The molecule has 0 aliphatic carbocycles. The predicted octanol–water partition coefficient (Wildman–Crippen LogP) is 7.60. The number of aryl methyl sites for hydroxylation is 1. The van der Waals surface area contributed by atoms with Crippen molar-refractivity contribution in [1.29, 1.82) is 0 Å². The van der Waals surface area contributed by atoms with Gasteiger partial charge >= 0.3 is 6.18 Å². The van der Waals surface area contributed by atoms with Crippen molar-refractivity contribution < 1.29 is 22.4 Å². The summed E-state index contributed by atoms with van der Waals surface area (Å²) in [5, 5.41) is 2.82. The number of carbonyl (C=O) groups is 1. The number of halogens is 4. The molecule has 1 atom stereocenters. The number of thioether (sulfide) groups is 3. The summed E-state index contributed by atoms with van der Waals surface area (Å²) >= 11 is 4.12. The van der Waals surface area contributed by atoms with Crippen LogP contribution in [0, 0.1) is 12.7 Å². The first-order chi connectivity index (χ1) is 16.1. The standard InChI is InChI=1S/C24H22F4N2OS3/c1-14-12-19(32-2)20(23(29-14)33-3)30-22(31)21(34-13-15-4-10-18(25)11-5-15)16-6-8-17(9-7-16)24(26,27)28/h4-12,21H,13H2,1-3H3,(H,30,31). The minimum atomic E-state index is -4.47. The van der Waals surface area contributed by atoms with Gasteiger partial charge in [0.15, 0.2) is 0 Å². The highest BCUT2D eigenvalue weighted by Gasteiger charge is 2.31. The summed E-state index contributed by atoms with van der Waals surface area (Å²) in [6, 6.07) is 12.4. The number of hydrogen-bond donors (Lipinski definition) is 1. The summed E-state index contributed by atoms with van der Waals surface area (Å²) in [6.45, 7) is 1.87. The number of nitrogens with zero attached hydrogens (tertiary/aromatic N) is 1. The Morgan fingerprint density at radius 1 is 1.03 bits per heavy atom. The van der Waals surface area contributed by atoms with Gasteiger partial charge < -0.3 is 5.32 Å². The Morgan fingerprint density at radius 3 is 2.24 bits per heavy atom. The maximum Gasteiger partial charge on any atom is 0.416 e. The van der Waals surface area contributed by atoms with Gasteiger partial charge in [-0.05, 0) is 60.9 Å². The maximum absolute atomic E-state index is 13.4. The molecular weight excluding hydrogens is 504 g/mol. The van der Waals surface area contributed by atoms with Crippen LogP contribution in [0.1, 0.15) is 27.6 Å². The Hall–Kier alpha value is -2.17. The lowest BCUT2D eigenvalue weighted by Crippen LogP contribution is -2.20. The van der Waals surface area contributed by atoms with E-state index < -0.39 is 17.0 Å². The number of rotatable bonds is 8. The number of benzene rings is 2. The van der Waals surface area contributed by atoms with Gasteiger partial charge in [0.2, 0.25) is 5.91 Å². The average Bonchev–Trinajstić information content (AvgIpc) is 2.80. The largest absolute Gasteiger partial charge is 0.416 e. The Labute approximate surface area is 208 Å². The highest BCUT2D eigenvalue weighted by Crippen LogP contribution is 2.38. The second kappa shape index (κ2) is 11.5. The molecule has 1 amide bonds. The van der Waals surface area contributed by atoms with Crippen molar-refractivity contribution in [1.82, 2.24) is 4.98 Å². The normalized spacial score (nSPS) is 12.4. The first-order valence-corrected chi connectivity index (χ1v) is 13.6. The van der Waals surface area contributed by atoms with E-state index in [0.717, 1.165) is 28.3 Å². The maximum atomic E-state index is 13.4. The van der Waals surface area contributed by atoms with E-state index in [1.54, 1.807) is 12.1 Å². The van der Waals surface area contributed by atoms with Crippen molar-refractivity contribution >= 4 is 46.9 Å². The Balaban J connectivity index is 1.92. The quantitative estimate of drug-likeness (QED) is 0.242. The number of hydrogen-bond acceptors (Lipinski definition) is 5. The highest BCUT2D eigenvalue weighted by molar-refractivity contribution is 8.00. The summed E-state index contributed by atoms with van der Waals surface area (Å²) in [6.07, 6.45) is -0.713. The van der Waals surface area contributed by atoms with Crippen LogP contribution < -0.4 is 5.32 Å². The van der Waals surface area contributed by atoms with Crippen LogP contribution in [0.3, 0.4) is 0 Å². The Morgan fingerprint density at radius 2 is 1.68 bits per heavy atom. The number of nitrogens with one attached hydrogen (secondary N) is 1. The molecule has 3 rings (SSSR count). The van der Waals surface area contributed by atoms with E-state index in [1.165, 1.54) is 59.6 Å². The van der Waals surface area contributed by atoms with Crippen molar-refractivity contribution in [3.63, 3.8) is 0 Å². The van der Waals surface area contributed by atoms with Gasteiger partial charge in [-0.25, -0.2) is 9.37 Å². The minimum Gasteiger partial charge on any atom is -0.322 e. The Bertz CT molecular complexity index is 1110. The topological polar surface area (TPSA) is 42.0 Å². The summed E-state index contributed by atoms with van der Waals surface area (Å²) < 4.78 is 52.4. The fourth-order valence-electron chi connectivity index (χ4n) is 3.16. The van der Waals surface area contributed by atoms with Crippen LogP contribution in [-0.2, 0) is 16.7 Å². The van der Waals surface area contributed by atoms with Crippen LogP contribution in [0.15, 0.2) is 64.5 Å². The molecule has 1 N–H and O–H groups in total. The Kier molecular flexibility index (Phi) is 8.95. The molecule has 1 aromatic heterocycles. The molecule has 0 bridgehead atoms. The molecule has 1 heterocycles. The van der Waals surface area contributed by atoms with Gasteiger partial charge in [-0.15, -0.1) is 35.3 Å². The van der Waals surface area contributed by atoms with Gasteiger partial charge in [-0.3, -0.25) is 4.79 Å². The molecule has 0 aliphatic heterocycles. The molecule has 2 aromatic carbocycles. The van der Waals surface area contributed by atoms with E-state index in [1.807, 2.05) is 25.5 Å². The van der Waals surface area contributed by atoms with Gasteiger partial charge in [0, 0.05) is 16.3 Å². The van der Waals surface area contributed by atoms with E-state index in [4.69, 9.17) is 0 Å². The molecule has 0 radical (unpaired) electrons. The second-order valence-corrected chi connectivity index (χ2v) is 10.0. The molecule has 34 heavy (non-hydrogen) atoms. The summed E-state index contributed by atoms with van der Waals surface area (Å²) in [4.78, 5) is 18.8. The van der Waals surface area contributed by atoms with Crippen LogP contribution in [0.2, 0.25) is 0 Å². The van der Waals surface area contributed by atoms with Crippen LogP contribution >= 0.6 is 35.3 Å². The van der Waals surface area contributed by atoms with E-state index in [9.17, 15) is 22.4 Å². The number of alkyl halides is 3. The van der Waals surface area contributed by atoms with Crippen molar-refractivity contribution in [2.45, 2.75) is 34.0 Å². The number of anilines is 1. The highest BCUT2D eigenvalue weighted by atomic mass is 32.2. The predicted molar refractivity (Wildman–Crippen MR) is 133 cm³/mol. The van der Waals surface area contributed by atoms with Gasteiger partial charge in [0.05, 0.1) is 11.3 Å². The SMILES string of the molecule is CSc1cc(C)nc(SC)c1NC(=O)C(SCc1ccc(F)cc1)c1ccc(C(F)(F)F)cc1. The van der Waals surface area contributed by atoms with Crippen LogP contribution in [0.25, 0.3) is 0 Å². The fraction of sp³-hybridized carbons (Fsp3) is 0.250. The molecule has 0 fully saturated rings. The van der Waals surface area contributed by atoms with Gasteiger partial charge in [-0.1, -0.05) is 24.3 Å². The number of pyridine rings is 1. The van der Waals surface area contributed by atoms with Gasteiger partial charge in [-0.2, -0.15) is 13.2 Å². The third-order valence-corrected chi connectivity index (χ3v) is 7.61. The number of carbonyl (C=O) groups excluding carboxylic acids is 1. The van der Waals surface area contributed by atoms with Crippen molar-refractivity contribution in [3.05, 3.63) is 82.8 Å². The zero-order valence-corrected chi connectivity index (χ0v) is 21.0. The van der Waals surface area contributed by atoms with Crippen LogP contribution in [0.5, 0.6) is 0 Å². The average molecular weight is 527 g/mol. The van der Waals surface area contributed by atoms with Crippen molar-refractivity contribution in [3.8, 4) is 0 Å². The molecule has 1 unspecified atom stereocenters. The lowest BCUT2D eigenvalue weighted by Gasteiger charge is -2.20. The smallest absolute Gasteiger partial charge is 0.322 e. The van der Waals surface area contributed by atoms with E-state index in [-0.39, 0.29) is 11.7 Å². The molecular formula is C24H22F4N2OS3. The molecule has 0 saturated heterocycles. The van der Waals surface area contributed by atoms with Crippen LogP contribution in [0.4, 0.5) is 23.2 Å². The summed E-state index contributed by atoms with van der Waals surface area (Å²) in [7, 11) is 0. The minimum absolute atomic E-state index is 0.369. The van der Waals surface area contributed by atoms with Crippen LogP contribution in [-0.4, -0.2) is 23.4 Å². The van der Waals surface area contributed by atoms with E-state index in [0.29, 0.717) is 22.0 Å².